The summed E-state index contributed by atoms with van der Waals surface area (Å²) >= 11 is 0. The predicted molar refractivity (Wildman–Crippen MR) is 69.7 cm³/mol. The molecule has 3 aromatic rings. The van der Waals surface area contributed by atoms with Gasteiger partial charge in [-0.1, -0.05) is 24.3 Å². The van der Waals surface area contributed by atoms with Gasteiger partial charge in [-0.05, 0) is 30.7 Å². The van der Waals surface area contributed by atoms with Crippen molar-refractivity contribution < 1.29 is 0 Å². The number of hydrogen-bond acceptors (Lipinski definition) is 2. The predicted octanol–water partition coefficient (Wildman–Crippen LogP) is 3.61. The monoisotopic (exact) mass is 220 g/mol. The Hall–Kier alpha value is -2.22. The van der Waals surface area contributed by atoms with E-state index in [4.69, 9.17) is 0 Å². The van der Waals surface area contributed by atoms with Crippen LogP contribution in [0.1, 0.15) is 5.56 Å². The van der Waals surface area contributed by atoms with Gasteiger partial charge in [0.05, 0.1) is 11.2 Å². The summed E-state index contributed by atoms with van der Waals surface area (Å²) in [7, 11) is 0. The van der Waals surface area contributed by atoms with E-state index in [0.29, 0.717) is 0 Å². The number of aromatic nitrogens is 2. The molecule has 2 heteroatoms. The van der Waals surface area contributed by atoms with E-state index in [-0.39, 0.29) is 0 Å². The highest BCUT2D eigenvalue weighted by Crippen LogP contribution is 2.20. The molecule has 0 bridgehead atoms. The number of aryl methyl sites for hydroxylation is 1. The van der Waals surface area contributed by atoms with Crippen LogP contribution in [0, 0.1) is 6.92 Å². The molecule has 0 fully saturated rings. The molecule has 82 valence electrons. The van der Waals surface area contributed by atoms with E-state index in [2.05, 4.69) is 28.2 Å². The normalized spacial score (nSPS) is 10.6. The second-order valence-electron chi connectivity index (χ2n) is 4.14. The first-order chi connectivity index (χ1) is 8.33. The Morgan fingerprint density at radius 1 is 0.882 bits per heavy atom. The summed E-state index contributed by atoms with van der Waals surface area (Å²) in [6, 6.07) is 14.3. The lowest BCUT2D eigenvalue weighted by Gasteiger charge is -2.02. The topological polar surface area (TPSA) is 25.8 Å². The third kappa shape index (κ3) is 1.89. The molecular weight excluding hydrogens is 208 g/mol. The Morgan fingerprint density at radius 2 is 1.76 bits per heavy atom. The lowest BCUT2D eigenvalue weighted by molar-refractivity contribution is 1.26. The molecule has 0 aliphatic heterocycles. The fourth-order valence-corrected chi connectivity index (χ4v) is 1.85. The molecular formula is C15H12N2. The zero-order chi connectivity index (χ0) is 11.7. The summed E-state index contributed by atoms with van der Waals surface area (Å²) in [5.41, 5.74) is 4.21. The molecule has 17 heavy (non-hydrogen) atoms. The first-order valence-electron chi connectivity index (χ1n) is 5.61. The van der Waals surface area contributed by atoms with Crippen LogP contribution < -0.4 is 0 Å². The van der Waals surface area contributed by atoms with Crippen molar-refractivity contribution in [3.8, 4) is 11.3 Å². The number of para-hydroxylation sites is 1. The molecule has 0 unspecified atom stereocenters. The maximum Gasteiger partial charge on any atom is 0.0717 e. The van der Waals surface area contributed by atoms with E-state index < -0.39 is 0 Å². The van der Waals surface area contributed by atoms with Crippen LogP contribution >= 0.6 is 0 Å². The summed E-state index contributed by atoms with van der Waals surface area (Å²) in [4.78, 5) is 8.86. The molecule has 2 nitrogen and oxygen atoms in total. The summed E-state index contributed by atoms with van der Waals surface area (Å²) in [5.74, 6) is 0. The molecule has 1 aromatic carbocycles. The van der Waals surface area contributed by atoms with Crippen LogP contribution in [0.2, 0.25) is 0 Å². The molecule has 0 saturated heterocycles. The van der Waals surface area contributed by atoms with Crippen LogP contribution in [0.4, 0.5) is 0 Å². The van der Waals surface area contributed by atoms with E-state index >= 15 is 0 Å². The molecule has 0 aliphatic carbocycles. The lowest BCUT2D eigenvalue weighted by Crippen LogP contribution is -1.86. The van der Waals surface area contributed by atoms with Crippen molar-refractivity contribution in [1.29, 1.82) is 0 Å². The Kier molecular flexibility index (Phi) is 2.33. The molecule has 3 rings (SSSR count). The standard InChI is InChI=1S/C15H12N2/c1-11-6-7-15(16-9-11)13-8-12-4-2-3-5-14(12)17-10-13/h2-10H,1H3. The Morgan fingerprint density at radius 3 is 2.59 bits per heavy atom. The van der Waals surface area contributed by atoms with E-state index in [1.54, 1.807) is 0 Å². The maximum atomic E-state index is 4.44. The molecule has 0 N–H and O–H groups in total. The third-order valence-electron chi connectivity index (χ3n) is 2.80. The van der Waals surface area contributed by atoms with Crippen LogP contribution in [0.15, 0.2) is 54.9 Å². The van der Waals surface area contributed by atoms with E-state index in [1.807, 2.05) is 43.6 Å². The molecule has 0 saturated carbocycles. The average molecular weight is 220 g/mol. The van der Waals surface area contributed by atoms with Gasteiger partial charge in [0.15, 0.2) is 0 Å². The van der Waals surface area contributed by atoms with Gasteiger partial charge in [-0.25, -0.2) is 0 Å². The molecule has 0 amide bonds. The minimum Gasteiger partial charge on any atom is -0.256 e. The first-order valence-corrected chi connectivity index (χ1v) is 5.61. The molecule has 0 spiro atoms. The first kappa shape index (κ1) is 9.97. The maximum absolute atomic E-state index is 4.44. The van der Waals surface area contributed by atoms with Crippen molar-refractivity contribution in [2.45, 2.75) is 6.92 Å². The highest BCUT2D eigenvalue weighted by molar-refractivity contribution is 5.82. The van der Waals surface area contributed by atoms with E-state index in [9.17, 15) is 0 Å². The lowest BCUT2D eigenvalue weighted by atomic mass is 10.1. The number of pyridine rings is 2. The second-order valence-corrected chi connectivity index (χ2v) is 4.14. The fourth-order valence-electron chi connectivity index (χ4n) is 1.85. The Balaban J connectivity index is 2.14. The van der Waals surface area contributed by atoms with Gasteiger partial charge < -0.3 is 0 Å². The highest BCUT2D eigenvalue weighted by Gasteiger charge is 2.01. The van der Waals surface area contributed by atoms with Gasteiger partial charge in [0.2, 0.25) is 0 Å². The number of hydrogen-bond donors (Lipinski definition) is 0. The smallest absolute Gasteiger partial charge is 0.0717 e. The molecule has 0 aliphatic rings. The molecule has 2 aromatic heterocycles. The van der Waals surface area contributed by atoms with Gasteiger partial charge in [0.25, 0.3) is 0 Å². The minimum atomic E-state index is 0.967. The number of fused-ring (bicyclic) bond motifs is 1. The summed E-state index contributed by atoms with van der Waals surface area (Å²) in [5, 5.41) is 1.15. The molecule has 0 atom stereocenters. The van der Waals surface area contributed by atoms with Crippen LogP contribution in [0.25, 0.3) is 22.2 Å². The van der Waals surface area contributed by atoms with Crippen LogP contribution in [-0.2, 0) is 0 Å². The largest absolute Gasteiger partial charge is 0.256 e. The van der Waals surface area contributed by atoms with Gasteiger partial charge in [-0.2, -0.15) is 0 Å². The Labute approximate surface area is 100.0 Å². The van der Waals surface area contributed by atoms with Gasteiger partial charge >= 0.3 is 0 Å². The van der Waals surface area contributed by atoms with Crippen molar-refractivity contribution in [3.05, 3.63) is 60.4 Å². The second kappa shape index (κ2) is 3.98. The van der Waals surface area contributed by atoms with Crippen molar-refractivity contribution in [3.63, 3.8) is 0 Å². The molecule has 2 heterocycles. The van der Waals surface area contributed by atoms with Gasteiger partial charge in [-0.15, -0.1) is 0 Å². The van der Waals surface area contributed by atoms with Gasteiger partial charge in [-0.3, -0.25) is 9.97 Å². The Bertz CT molecular complexity index is 657. The summed E-state index contributed by atoms with van der Waals surface area (Å²) in [6.07, 6.45) is 3.75. The van der Waals surface area contributed by atoms with Crippen LogP contribution in [0.3, 0.4) is 0 Å². The fraction of sp³-hybridized carbons (Fsp3) is 0.0667. The summed E-state index contributed by atoms with van der Waals surface area (Å²) < 4.78 is 0. The highest BCUT2D eigenvalue weighted by atomic mass is 14.7. The number of benzene rings is 1. The quantitative estimate of drug-likeness (QED) is 0.626. The van der Waals surface area contributed by atoms with Crippen molar-refractivity contribution >= 4 is 10.9 Å². The minimum absolute atomic E-state index is 0.967. The SMILES string of the molecule is Cc1ccc(-c2cnc3ccccc3c2)nc1. The van der Waals surface area contributed by atoms with Crippen molar-refractivity contribution in [2.24, 2.45) is 0 Å². The van der Waals surface area contributed by atoms with Gasteiger partial charge in [0, 0.05) is 23.3 Å². The number of rotatable bonds is 1. The van der Waals surface area contributed by atoms with E-state index in [0.717, 1.165) is 22.2 Å². The average Bonchev–Trinajstić information content (AvgIpc) is 2.39. The summed E-state index contributed by atoms with van der Waals surface area (Å²) in [6.45, 7) is 2.04. The third-order valence-corrected chi connectivity index (χ3v) is 2.80. The zero-order valence-corrected chi connectivity index (χ0v) is 9.59. The zero-order valence-electron chi connectivity index (χ0n) is 9.59. The van der Waals surface area contributed by atoms with Crippen LogP contribution in [-0.4, -0.2) is 9.97 Å². The number of nitrogens with zero attached hydrogens (tertiary/aromatic N) is 2. The van der Waals surface area contributed by atoms with Crippen molar-refractivity contribution in [2.75, 3.05) is 0 Å². The molecule has 0 radical (unpaired) electrons. The van der Waals surface area contributed by atoms with E-state index in [1.165, 1.54) is 5.56 Å². The van der Waals surface area contributed by atoms with Crippen molar-refractivity contribution in [1.82, 2.24) is 9.97 Å². The van der Waals surface area contributed by atoms with Gasteiger partial charge in [0.1, 0.15) is 0 Å². The van der Waals surface area contributed by atoms with Crippen LogP contribution in [0.5, 0.6) is 0 Å².